The number of nitrogens with one attached hydrogen (secondary N) is 1. The largest absolute Gasteiger partial charge is 0.388 e. The van der Waals surface area contributed by atoms with E-state index >= 15 is 0 Å². The lowest BCUT2D eigenvalue weighted by atomic mass is 10.1. The normalized spacial score (nSPS) is 10.1. The molecule has 0 radical (unpaired) electrons. The van der Waals surface area contributed by atoms with Crippen LogP contribution in [-0.2, 0) is 0 Å². The summed E-state index contributed by atoms with van der Waals surface area (Å²) in [5.74, 6) is 0. The fourth-order valence-electron chi connectivity index (χ4n) is 1.85. The molecule has 3 nitrogen and oxygen atoms in total. The zero-order valence-corrected chi connectivity index (χ0v) is 11.2. The SMILES string of the molecule is Cc1cccc(C)c1Nc1cccnc1C(N)=S. The Kier molecular flexibility index (Phi) is 3.58. The van der Waals surface area contributed by atoms with Gasteiger partial charge in [-0.05, 0) is 37.1 Å². The molecule has 3 N–H and O–H groups in total. The van der Waals surface area contributed by atoms with Crippen molar-refractivity contribution in [3.8, 4) is 0 Å². The maximum atomic E-state index is 5.67. The van der Waals surface area contributed by atoms with E-state index in [1.807, 2.05) is 18.2 Å². The average molecular weight is 257 g/mol. The van der Waals surface area contributed by atoms with Crippen molar-refractivity contribution in [2.24, 2.45) is 5.73 Å². The molecule has 0 fully saturated rings. The summed E-state index contributed by atoms with van der Waals surface area (Å²) in [6.45, 7) is 4.12. The Morgan fingerprint density at radius 2 is 1.83 bits per heavy atom. The first-order valence-electron chi connectivity index (χ1n) is 5.67. The minimum Gasteiger partial charge on any atom is -0.388 e. The Hall–Kier alpha value is -1.94. The van der Waals surface area contributed by atoms with E-state index in [4.69, 9.17) is 18.0 Å². The maximum absolute atomic E-state index is 5.67. The van der Waals surface area contributed by atoms with E-state index in [1.165, 1.54) is 11.1 Å². The van der Waals surface area contributed by atoms with Gasteiger partial charge >= 0.3 is 0 Å². The second-order valence-electron chi connectivity index (χ2n) is 4.16. The van der Waals surface area contributed by atoms with Gasteiger partial charge in [-0.1, -0.05) is 30.4 Å². The maximum Gasteiger partial charge on any atom is 0.124 e. The average Bonchev–Trinajstić information content (AvgIpc) is 2.34. The molecule has 0 bridgehead atoms. The van der Waals surface area contributed by atoms with Crippen LogP contribution in [0.1, 0.15) is 16.8 Å². The summed E-state index contributed by atoms with van der Waals surface area (Å²) in [5.41, 5.74) is 10.5. The van der Waals surface area contributed by atoms with Crippen molar-refractivity contribution in [3.05, 3.63) is 53.3 Å². The molecule has 0 saturated carbocycles. The molecule has 1 aromatic heterocycles. The van der Waals surface area contributed by atoms with Crippen molar-refractivity contribution in [1.29, 1.82) is 0 Å². The number of anilines is 2. The third-order valence-electron chi connectivity index (χ3n) is 2.78. The molecule has 0 unspecified atom stereocenters. The first kappa shape index (κ1) is 12.5. The van der Waals surface area contributed by atoms with Gasteiger partial charge in [0.2, 0.25) is 0 Å². The van der Waals surface area contributed by atoms with E-state index < -0.39 is 0 Å². The molecule has 1 aromatic carbocycles. The van der Waals surface area contributed by atoms with Gasteiger partial charge in [-0.2, -0.15) is 0 Å². The molecule has 0 aliphatic carbocycles. The number of aryl methyl sites for hydroxylation is 2. The second-order valence-corrected chi connectivity index (χ2v) is 4.60. The Morgan fingerprint density at radius 3 is 2.44 bits per heavy atom. The number of nitrogens with zero attached hydrogens (tertiary/aromatic N) is 1. The minimum absolute atomic E-state index is 0.296. The van der Waals surface area contributed by atoms with Crippen LogP contribution in [0.15, 0.2) is 36.5 Å². The molecular weight excluding hydrogens is 242 g/mol. The first-order valence-corrected chi connectivity index (χ1v) is 6.08. The van der Waals surface area contributed by atoms with Crippen LogP contribution in [-0.4, -0.2) is 9.97 Å². The topological polar surface area (TPSA) is 50.9 Å². The van der Waals surface area contributed by atoms with Crippen LogP contribution in [0.2, 0.25) is 0 Å². The number of pyridine rings is 1. The third kappa shape index (κ3) is 2.49. The summed E-state index contributed by atoms with van der Waals surface area (Å²) >= 11 is 5.01. The molecule has 2 aromatic rings. The molecule has 0 spiro atoms. The molecule has 18 heavy (non-hydrogen) atoms. The van der Waals surface area contributed by atoms with Crippen LogP contribution in [0.5, 0.6) is 0 Å². The summed E-state index contributed by atoms with van der Waals surface area (Å²) in [6.07, 6.45) is 1.68. The summed E-state index contributed by atoms with van der Waals surface area (Å²) in [6, 6.07) is 9.94. The van der Waals surface area contributed by atoms with Crippen molar-refractivity contribution in [1.82, 2.24) is 4.98 Å². The predicted octanol–water partition coefficient (Wildman–Crippen LogP) is 3.08. The third-order valence-corrected chi connectivity index (χ3v) is 2.98. The molecule has 0 aliphatic heterocycles. The van der Waals surface area contributed by atoms with Crippen molar-refractivity contribution >= 4 is 28.6 Å². The monoisotopic (exact) mass is 257 g/mol. The standard InChI is InChI=1S/C14H15N3S/c1-9-5-3-6-10(2)12(9)17-11-7-4-8-16-13(11)14(15)18/h3-8,17H,1-2H3,(H2,15,18). The van der Waals surface area contributed by atoms with Crippen LogP contribution >= 0.6 is 12.2 Å². The smallest absolute Gasteiger partial charge is 0.124 e. The highest BCUT2D eigenvalue weighted by Gasteiger charge is 2.08. The molecule has 0 amide bonds. The van der Waals surface area contributed by atoms with E-state index in [2.05, 4.69) is 36.3 Å². The Bertz CT molecular complexity index is 573. The lowest BCUT2D eigenvalue weighted by Gasteiger charge is -2.14. The van der Waals surface area contributed by atoms with E-state index in [0.717, 1.165) is 11.4 Å². The van der Waals surface area contributed by atoms with Gasteiger partial charge in [0.25, 0.3) is 0 Å². The zero-order chi connectivity index (χ0) is 13.1. The van der Waals surface area contributed by atoms with E-state index in [1.54, 1.807) is 6.20 Å². The Morgan fingerprint density at radius 1 is 1.17 bits per heavy atom. The number of aromatic nitrogens is 1. The van der Waals surface area contributed by atoms with Gasteiger partial charge in [-0.3, -0.25) is 4.98 Å². The summed E-state index contributed by atoms with van der Waals surface area (Å²) in [4.78, 5) is 4.50. The highest BCUT2D eigenvalue weighted by atomic mass is 32.1. The highest BCUT2D eigenvalue weighted by Crippen LogP contribution is 2.25. The highest BCUT2D eigenvalue weighted by molar-refractivity contribution is 7.80. The number of hydrogen-bond donors (Lipinski definition) is 2. The fourth-order valence-corrected chi connectivity index (χ4v) is 2.01. The summed E-state index contributed by atoms with van der Waals surface area (Å²) in [5, 5.41) is 3.36. The van der Waals surface area contributed by atoms with E-state index in [-0.39, 0.29) is 0 Å². The van der Waals surface area contributed by atoms with Gasteiger partial charge in [-0.15, -0.1) is 0 Å². The molecule has 1 heterocycles. The molecule has 0 atom stereocenters. The van der Waals surface area contributed by atoms with Crippen molar-refractivity contribution < 1.29 is 0 Å². The van der Waals surface area contributed by atoms with Crippen LogP contribution < -0.4 is 11.1 Å². The van der Waals surface area contributed by atoms with Crippen LogP contribution in [0.3, 0.4) is 0 Å². The molecule has 4 heteroatoms. The molecule has 92 valence electrons. The number of thiocarbonyl (C=S) groups is 1. The summed E-state index contributed by atoms with van der Waals surface area (Å²) in [7, 11) is 0. The number of para-hydroxylation sites is 1. The van der Waals surface area contributed by atoms with Crippen molar-refractivity contribution in [2.45, 2.75) is 13.8 Å². The summed E-state index contributed by atoms with van der Waals surface area (Å²) < 4.78 is 0. The lowest BCUT2D eigenvalue weighted by molar-refractivity contribution is 1.27. The predicted molar refractivity (Wildman–Crippen MR) is 79.3 cm³/mol. The van der Waals surface area contributed by atoms with Gasteiger partial charge in [0.15, 0.2) is 0 Å². The van der Waals surface area contributed by atoms with Gasteiger partial charge < -0.3 is 11.1 Å². The molecular formula is C14H15N3S. The quantitative estimate of drug-likeness (QED) is 0.830. The van der Waals surface area contributed by atoms with Crippen molar-refractivity contribution in [2.75, 3.05) is 5.32 Å². The lowest BCUT2D eigenvalue weighted by Crippen LogP contribution is -2.14. The van der Waals surface area contributed by atoms with Gasteiger partial charge in [0, 0.05) is 11.9 Å². The van der Waals surface area contributed by atoms with E-state index in [0.29, 0.717) is 10.7 Å². The fraction of sp³-hybridized carbons (Fsp3) is 0.143. The zero-order valence-electron chi connectivity index (χ0n) is 10.4. The van der Waals surface area contributed by atoms with Crippen LogP contribution in [0.4, 0.5) is 11.4 Å². The first-order chi connectivity index (χ1) is 8.59. The van der Waals surface area contributed by atoms with Gasteiger partial charge in [0.05, 0.1) is 5.69 Å². The Labute approximate surface area is 112 Å². The van der Waals surface area contributed by atoms with Crippen molar-refractivity contribution in [3.63, 3.8) is 0 Å². The van der Waals surface area contributed by atoms with Crippen LogP contribution in [0, 0.1) is 13.8 Å². The molecule has 2 rings (SSSR count). The molecule has 0 aliphatic rings. The number of benzene rings is 1. The number of rotatable bonds is 3. The minimum atomic E-state index is 0.296. The van der Waals surface area contributed by atoms with E-state index in [9.17, 15) is 0 Å². The van der Waals surface area contributed by atoms with Crippen LogP contribution in [0.25, 0.3) is 0 Å². The van der Waals surface area contributed by atoms with Gasteiger partial charge in [0.1, 0.15) is 10.7 Å². The Balaban J connectivity index is 2.43. The number of hydrogen-bond acceptors (Lipinski definition) is 3. The second kappa shape index (κ2) is 5.14. The van der Waals surface area contributed by atoms with Gasteiger partial charge in [-0.25, -0.2) is 0 Å². The molecule has 0 saturated heterocycles. The number of nitrogens with two attached hydrogens (primary N) is 1.